The summed E-state index contributed by atoms with van der Waals surface area (Å²) in [6, 6.07) is 0. The van der Waals surface area contributed by atoms with Gasteiger partial charge < -0.3 is 15.0 Å². The van der Waals surface area contributed by atoms with E-state index in [1.807, 2.05) is 6.20 Å². The molecule has 1 aliphatic heterocycles. The molecule has 1 aromatic rings. The maximum atomic E-state index is 10.7. The molecule has 1 aromatic heterocycles. The second-order valence-corrected chi connectivity index (χ2v) is 4.93. The van der Waals surface area contributed by atoms with Crippen LogP contribution in [0.1, 0.15) is 12.8 Å². The summed E-state index contributed by atoms with van der Waals surface area (Å²) >= 11 is 1.71. The van der Waals surface area contributed by atoms with E-state index in [9.17, 15) is 4.79 Å². The maximum Gasteiger partial charge on any atom is 0.407 e. The van der Waals surface area contributed by atoms with Crippen LogP contribution in [0, 0.1) is 5.92 Å². The lowest BCUT2D eigenvalue weighted by atomic mass is 9.99. The van der Waals surface area contributed by atoms with E-state index in [2.05, 4.69) is 9.97 Å². The summed E-state index contributed by atoms with van der Waals surface area (Å²) in [4.78, 5) is 19.4. The van der Waals surface area contributed by atoms with E-state index in [1.54, 1.807) is 18.0 Å². The molecule has 1 fully saturated rings. The van der Waals surface area contributed by atoms with Crippen LogP contribution in [-0.2, 0) is 0 Å². The second kappa shape index (κ2) is 5.25. The second-order valence-electron chi connectivity index (χ2n) is 3.92. The fraction of sp³-hybridized carbons (Fsp3) is 0.600. The zero-order valence-corrected chi connectivity index (χ0v) is 9.74. The Labute approximate surface area is 98.2 Å². The number of rotatable bonds is 3. The molecule has 1 amide bonds. The summed E-state index contributed by atoms with van der Waals surface area (Å²) in [5.74, 6) is 1.62. The number of likely N-dealkylation sites (tertiary alicyclic amines) is 1. The van der Waals surface area contributed by atoms with Crippen molar-refractivity contribution in [1.82, 2.24) is 14.9 Å². The first-order valence-electron chi connectivity index (χ1n) is 5.36. The number of hydrogen-bond donors (Lipinski definition) is 2. The summed E-state index contributed by atoms with van der Waals surface area (Å²) in [6.45, 7) is 1.33. The molecule has 2 heterocycles. The number of thioether (sulfide) groups is 1. The van der Waals surface area contributed by atoms with Crippen molar-refractivity contribution >= 4 is 17.9 Å². The van der Waals surface area contributed by atoms with Gasteiger partial charge in [-0.3, -0.25) is 0 Å². The molecule has 0 bridgehead atoms. The van der Waals surface area contributed by atoms with Gasteiger partial charge in [0.25, 0.3) is 0 Å². The van der Waals surface area contributed by atoms with Gasteiger partial charge in [0.15, 0.2) is 5.16 Å². The number of piperidine rings is 1. The molecule has 0 atom stereocenters. The first-order valence-corrected chi connectivity index (χ1v) is 6.34. The van der Waals surface area contributed by atoms with E-state index in [0.717, 1.165) is 23.8 Å². The molecular formula is C10H15N3O2S. The first-order chi connectivity index (χ1) is 7.75. The Balaban J connectivity index is 1.71. The molecule has 6 heteroatoms. The van der Waals surface area contributed by atoms with E-state index < -0.39 is 6.09 Å². The van der Waals surface area contributed by atoms with E-state index in [-0.39, 0.29) is 0 Å². The number of imidazole rings is 1. The van der Waals surface area contributed by atoms with Gasteiger partial charge >= 0.3 is 6.09 Å². The van der Waals surface area contributed by atoms with Crippen molar-refractivity contribution in [3.8, 4) is 0 Å². The predicted molar refractivity (Wildman–Crippen MR) is 61.6 cm³/mol. The van der Waals surface area contributed by atoms with E-state index in [1.165, 1.54) is 4.90 Å². The van der Waals surface area contributed by atoms with Gasteiger partial charge in [0.05, 0.1) is 0 Å². The summed E-state index contributed by atoms with van der Waals surface area (Å²) in [7, 11) is 0. The van der Waals surface area contributed by atoms with Crippen molar-refractivity contribution in [1.29, 1.82) is 0 Å². The Bertz CT molecular complexity index is 334. The van der Waals surface area contributed by atoms with Gasteiger partial charge in [-0.15, -0.1) is 0 Å². The molecule has 0 radical (unpaired) electrons. The number of amides is 1. The van der Waals surface area contributed by atoms with Crippen LogP contribution in [0.25, 0.3) is 0 Å². The van der Waals surface area contributed by atoms with Crippen molar-refractivity contribution in [2.45, 2.75) is 18.0 Å². The fourth-order valence-corrected chi connectivity index (χ4v) is 2.83. The first kappa shape index (κ1) is 11.3. The van der Waals surface area contributed by atoms with E-state index in [4.69, 9.17) is 5.11 Å². The van der Waals surface area contributed by atoms with Crippen molar-refractivity contribution in [2.75, 3.05) is 18.8 Å². The summed E-state index contributed by atoms with van der Waals surface area (Å²) in [5, 5.41) is 9.76. The number of hydrogen-bond acceptors (Lipinski definition) is 3. The molecule has 1 aliphatic rings. The van der Waals surface area contributed by atoms with Crippen molar-refractivity contribution in [3.63, 3.8) is 0 Å². The van der Waals surface area contributed by atoms with Crippen LogP contribution in [-0.4, -0.2) is 44.9 Å². The van der Waals surface area contributed by atoms with E-state index >= 15 is 0 Å². The van der Waals surface area contributed by atoms with Gasteiger partial charge in [0.2, 0.25) is 0 Å². The fourth-order valence-electron chi connectivity index (χ4n) is 1.82. The zero-order chi connectivity index (χ0) is 11.4. The SMILES string of the molecule is O=C(O)N1CCC(CSc2ncc[nH]2)CC1. The highest BCUT2D eigenvalue weighted by Gasteiger charge is 2.22. The quantitative estimate of drug-likeness (QED) is 0.793. The predicted octanol–water partition coefficient (Wildman–Crippen LogP) is 1.89. The van der Waals surface area contributed by atoms with Gasteiger partial charge in [-0.25, -0.2) is 9.78 Å². The lowest BCUT2D eigenvalue weighted by Crippen LogP contribution is -2.37. The van der Waals surface area contributed by atoms with Crippen LogP contribution in [0.3, 0.4) is 0 Å². The molecule has 2 rings (SSSR count). The Hall–Kier alpha value is -1.17. The number of carboxylic acid groups (broad SMARTS) is 1. The molecule has 0 saturated carbocycles. The zero-order valence-electron chi connectivity index (χ0n) is 8.93. The standard InChI is InChI=1S/C10H15N3O2S/c14-10(15)13-5-1-8(2-6-13)7-16-9-11-3-4-12-9/h3-4,8H,1-2,5-7H2,(H,11,12)(H,14,15). The van der Waals surface area contributed by atoms with Gasteiger partial charge in [-0.05, 0) is 18.8 Å². The molecule has 2 N–H and O–H groups in total. The number of nitrogens with one attached hydrogen (secondary N) is 1. The molecule has 0 aromatic carbocycles. The smallest absolute Gasteiger partial charge is 0.407 e. The van der Waals surface area contributed by atoms with Crippen molar-refractivity contribution in [2.24, 2.45) is 5.92 Å². The number of carbonyl (C=O) groups is 1. The van der Waals surface area contributed by atoms with Crippen LogP contribution >= 0.6 is 11.8 Å². The van der Waals surface area contributed by atoms with Gasteiger partial charge in [0.1, 0.15) is 0 Å². The number of nitrogens with zero attached hydrogens (tertiary/aromatic N) is 2. The average molecular weight is 241 g/mol. The summed E-state index contributed by atoms with van der Waals surface area (Å²) in [6.07, 6.45) is 4.68. The highest BCUT2D eigenvalue weighted by molar-refractivity contribution is 7.99. The minimum absolute atomic E-state index is 0.602. The van der Waals surface area contributed by atoms with Crippen molar-refractivity contribution in [3.05, 3.63) is 12.4 Å². The monoisotopic (exact) mass is 241 g/mol. The lowest BCUT2D eigenvalue weighted by Gasteiger charge is -2.29. The van der Waals surface area contributed by atoms with Crippen LogP contribution < -0.4 is 0 Å². The van der Waals surface area contributed by atoms with Crippen LogP contribution in [0.15, 0.2) is 17.6 Å². The Morgan fingerprint density at radius 1 is 1.62 bits per heavy atom. The molecular weight excluding hydrogens is 226 g/mol. The summed E-state index contributed by atoms with van der Waals surface area (Å²) in [5.41, 5.74) is 0. The summed E-state index contributed by atoms with van der Waals surface area (Å²) < 4.78 is 0. The maximum absolute atomic E-state index is 10.7. The Morgan fingerprint density at radius 3 is 2.94 bits per heavy atom. The third kappa shape index (κ3) is 2.91. The molecule has 5 nitrogen and oxygen atoms in total. The minimum Gasteiger partial charge on any atom is -0.465 e. The van der Waals surface area contributed by atoms with Crippen molar-refractivity contribution < 1.29 is 9.90 Å². The molecule has 0 unspecified atom stereocenters. The van der Waals surface area contributed by atoms with Gasteiger partial charge in [-0.1, -0.05) is 11.8 Å². The molecule has 16 heavy (non-hydrogen) atoms. The highest BCUT2D eigenvalue weighted by atomic mass is 32.2. The van der Waals surface area contributed by atoms with Gasteiger partial charge in [-0.2, -0.15) is 0 Å². The minimum atomic E-state index is -0.794. The molecule has 0 spiro atoms. The normalized spacial score (nSPS) is 17.6. The lowest BCUT2D eigenvalue weighted by molar-refractivity contribution is 0.127. The van der Waals surface area contributed by atoms with Crippen LogP contribution in [0.2, 0.25) is 0 Å². The number of aromatic nitrogens is 2. The van der Waals surface area contributed by atoms with E-state index in [0.29, 0.717) is 19.0 Å². The molecule has 1 saturated heterocycles. The molecule has 0 aliphatic carbocycles. The average Bonchev–Trinajstić information content (AvgIpc) is 2.80. The largest absolute Gasteiger partial charge is 0.465 e. The Morgan fingerprint density at radius 2 is 2.38 bits per heavy atom. The number of aromatic amines is 1. The third-order valence-electron chi connectivity index (χ3n) is 2.81. The highest BCUT2D eigenvalue weighted by Crippen LogP contribution is 2.24. The number of H-pyrrole nitrogens is 1. The van der Waals surface area contributed by atoms with Gasteiger partial charge in [0, 0.05) is 31.2 Å². The third-order valence-corrected chi connectivity index (χ3v) is 3.95. The van der Waals surface area contributed by atoms with Crippen LogP contribution in [0.5, 0.6) is 0 Å². The van der Waals surface area contributed by atoms with Crippen LogP contribution in [0.4, 0.5) is 4.79 Å². The molecule has 88 valence electrons. The Kier molecular flexibility index (Phi) is 3.71. The topological polar surface area (TPSA) is 69.2 Å².